The largest absolute Gasteiger partial charge is 0.355 e. The van der Waals surface area contributed by atoms with E-state index >= 15 is 0 Å². The van der Waals surface area contributed by atoms with E-state index in [1.165, 1.54) is 18.2 Å². The number of carbonyl (C=O) groups excluding carboxylic acids is 2. The van der Waals surface area contributed by atoms with Crippen LogP contribution >= 0.6 is 0 Å². The molecule has 2 heterocycles. The Morgan fingerprint density at radius 1 is 1.33 bits per heavy atom. The highest BCUT2D eigenvalue weighted by Gasteiger charge is 2.30. The zero-order chi connectivity index (χ0) is 19.0. The predicted molar refractivity (Wildman–Crippen MR) is 99.8 cm³/mol. The number of hydrogen-bond donors (Lipinski definition) is 2. The van der Waals surface area contributed by atoms with Crippen LogP contribution in [0, 0.1) is 5.82 Å². The van der Waals surface area contributed by atoms with Crippen LogP contribution in [0.3, 0.4) is 0 Å². The summed E-state index contributed by atoms with van der Waals surface area (Å²) in [5.41, 5.74) is 2.94. The lowest BCUT2D eigenvalue weighted by atomic mass is 9.89. The smallest absolute Gasteiger partial charge is 0.228 e. The van der Waals surface area contributed by atoms with E-state index in [0.29, 0.717) is 24.2 Å². The van der Waals surface area contributed by atoms with Crippen molar-refractivity contribution in [1.29, 1.82) is 0 Å². The highest BCUT2D eigenvalue weighted by Crippen LogP contribution is 2.32. The van der Waals surface area contributed by atoms with Gasteiger partial charge in [-0.25, -0.2) is 9.37 Å². The molecule has 1 aromatic heterocycles. The number of anilines is 1. The van der Waals surface area contributed by atoms with Crippen molar-refractivity contribution in [3.05, 3.63) is 59.7 Å². The van der Waals surface area contributed by atoms with Gasteiger partial charge in [-0.3, -0.25) is 9.59 Å². The van der Waals surface area contributed by atoms with Gasteiger partial charge in [0.25, 0.3) is 0 Å². The van der Waals surface area contributed by atoms with E-state index in [9.17, 15) is 14.0 Å². The van der Waals surface area contributed by atoms with Crippen molar-refractivity contribution in [3.8, 4) is 0 Å². The quantitative estimate of drug-likeness (QED) is 0.745. The Hall–Kier alpha value is -3.22. The van der Waals surface area contributed by atoms with Crippen LogP contribution in [0.2, 0.25) is 0 Å². The number of aryl methyl sites for hydroxylation is 1. The number of aromatic nitrogens is 2. The van der Waals surface area contributed by atoms with Gasteiger partial charge in [0.05, 0.1) is 17.0 Å². The molecule has 0 unspecified atom stereocenters. The Morgan fingerprint density at radius 3 is 2.96 bits per heavy atom. The van der Waals surface area contributed by atoms with Crippen LogP contribution in [-0.4, -0.2) is 27.9 Å². The SMILES string of the molecule is Cn1c(CCNC(=O)[C@@H]2CC(=O)Nc3ccc(F)cc32)nc2ccccc21. The van der Waals surface area contributed by atoms with Gasteiger partial charge in [0.1, 0.15) is 11.6 Å². The van der Waals surface area contributed by atoms with Crippen LogP contribution in [0.15, 0.2) is 42.5 Å². The zero-order valence-electron chi connectivity index (χ0n) is 14.8. The first-order valence-corrected chi connectivity index (χ1v) is 8.80. The molecular weight excluding hydrogens is 347 g/mol. The average molecular weight is 366 g/mol. The maximum absolute atomic E-state index is 13.6. The third-order valence-corrected chi connectivity index (χ3v) is 4.90. The minimum absolute atomic E-state index is 0.00851. The molecule has 6 nitrogen and oxygen atoms in total. The van der Waals surface area contributed by atoms with Gasteiger partial charge >= 0.3 is 0 Å². The van der Waals surface area contributed by atoms with Crippen LogP contribution in [0.1, 0.15) is 23.7 Å². The van der Waals surface area contributed by atoms with E-state index < -0.39 is 11.7 Å². The van der Waals surface area contributed by atoms with Crippen molar-refractivity contribution in [2.75, 3.05) is 11.9 Å². The second-order valence-electron chi connectivity index (χ2n) is 6.65. The molecule has 4 rings (SSSR count). The summed E-state index contributed by atoms with van der Waals surface area (Å²) in [5, 5.41) is 5.54. The molecule has 1 atom stereocenters. The lowest BCUT2D eigenvalue weighted by Crippen LogP contribution is -2.36. The number of para-hydroxylation sites is 2. The summed E-state index contributed by atoms with van der Waals surface area (Å²) in [4.78, 5) is 29.1. The highest BCUT2D eigenvalue weighted by atomic mass is 19.1. The van der Waals surface area contributed by atoms with E-state index in [-0.39, 0.29) is 18.2 Å². The zero-order valence-corrected chi connectivity index (χ0v) is 14.8. The summed E-state index contributed by atoms with van der Waals surface area (Å²) < 4.78 is 15.6. The first-order valence-electron chi connectivity index (χ1n) is 8.80. The van der Waals surface area contributed by atoms with Crippen LogP contribution < -0.4 is 10.6 Å². The summed E-state index contributed by atoms with van der Waals surface area (Å²) in [6.07, 6.45) is 0.570. The number of benzene rings is 2. The van der Waals surface area contributed by atoms with Crippen LogP contribution in [-0.2, 0) is 23.1 Å². The fourth-order valence-corrected chi connectivity index (χ4v) is 3.51. The minimum Gasteiger partial charge on any atom is -0.355 e. The molecule has 7 heteroatoms. The predicted octanol–water partition coefficient (Wildman–Crippen LogP) is 2.50. The number of nitrogens with one attached hydrogen (secondary N) is 2. The minimum atomic E-state index is -0.690. The van der Waals surface area contributed by atoms with E-state index in [1.807, 2.05) is 35.9 Å². The second-order valence-corrected chi connectivity index (χ2v) is 6.65. The van der Waals surface area contributed by atoms with Gasteiger partial charge in [0, 0.05) is 32.1 Å². The van der Waals surface area contributed by atoms with Gasteiger partial charge in [0.15, 0.2) is 0 Å². The Balaban J connectivity index is 1.46. The summed E-state index contributed by atoms with van der Waals surface area (Å²) in [6, 6.07) is 11.9. The Bertz CT molecular complexity index is 1040. The van der Waals surface area contributed by atoms with E-state index in [0.717, 1.165) is 16.9 Å². The summed E-state index contributed by atoms with van der Waals surface area (Å²) in [5.74, 6) is -0.781. The number of carbonyl (C=O) groups is 2. The van der Waals surface area contributed by atoms with Gasteiger partial charge < -0.3 is 15.2 Å². The van der Waals surface area contributed by atoms with Crippen LogP contribution in [0.25, 0.3) is 11.0 Å². The number of nitrogens with zero attached hydrogens (tertiary/aromatic N) is 2. The molecule has 1 aliphatic rings. The number of amides is 2. The second kappa shape index (κ2) is 6.83. The molecule has 2 N–H and O–H groups in total. The van der Waals surface area contributed by atoms with E-state index in [1.54, 1.807) is 0 Å². The molecule has 0 spiro atoms. The van der Waals surface area contributed by atoms with Crippen molar-refractivity contribution in [2.45, 2.75) is 18.8 Å². The number of halogens is 1. The number of fused-ring (bicyclic) bond motifs is 2. The molecule has 0 fully saturated rings. The molecule has 0 bridgehead atoms. The van der Waals surface area contributed by atoms with Crippen molar-refractivity contribution in [2.24, 2.45) is 7.05 Å². The first kappa shape index (κ1) is 17.2. The molecule has 0 aliphatic carbocycles. The monoisotopic (exact) mass is 366 g/mol. The molecule has 27 heavy (non-hydrogen) atoms. The van der Waals surface area contributed by atoms with Gasteiger partial charge in [0.2, 0.25) is 11.8 Å². The van der Waals surface area contributed by atoms with Crippen molar-refractivity contribution >= 4 is 28.5 Å². The van der Waals surface area contributed by atoms with E-state index in [4.69, 9.17) is 0 Å². The standard InChI is InChI=1S/C20H19FN4O2/c1-25-17-5-3-2-4-16(17)23-18(25)8-9-22-20(27)14-11-19(26)24-15-7-6-12(21)10-13(14)15/h2-7,10,14H,8-9,11H2,1H3,(H,22,27)(H,24,26)/t14-/m1/s1. The Morgan fingerprint density at radius 2 is 2.15 bits per heavy atom. The molecule has 0 saturated heterocycles. The van der Waals surface area contributed by atoms with Crippen LogP contribution in [0.4, 0.5) is 10.1 Å². The van der Waals surface area contributed by atoms with Gasteiger partial charge in [-0.15, -0.1) is 0 Å². The van der Waals surface area contributed by atoms with Gasteiger partial charge in [-0.05, 0) is 35.9 Å². The molecular formula is C20H19FN4O2. The number of rotatable bonds is 4. The third-order valence-electron chi connectivity index (χ3n) is 4.90. The molecule has 0 radical (unpaired) electrons. The first-order chi connectivity index (χ1) is 13.0. The lowest BCUT2D eigenvalue weighted by molar-refractivity contribution is -0.126. The fourth-order valence-electron chi connectivity index (χ4n) is 3.51. The average Bonchev–Trinajstić information content (AvgIpc) is 2.97. The maximum Gasteiger partial charge on any atom is 0.228 e. The normalized spacial score (nSPS) is 16.1. The van der Waals surface area contributed by atoms with Gasteiger partial charge in [-0.2, -0.15) is 0 Å². The summed E-state index contributed by atoms with van der Waals surface area (Å²) in [7, 11) is 1.94. The highest BCUT2D eigenvalue weighted by molar-refractivity contribution is 6.01. The molecule has 3 aromatic rings. The topological polar surface area (TPSA) is 76.0 Å². The third kappa shape index (κ3) is 3.28. The van der Waals surface area contributed by atoms with E-state index in [2.05, 4.69) is 15.6 Å². The number of hydrogen-bond acceptors (Lipinski definition) is 3. The van der Waals surface area contributed by atoms with Gasteiger partial charge in [-0.1, -0.05) is 12.1 Å². The van der Waals surface area contributed by atoms with Crippen molar-refractivity contribution in [3.63, 3.8) is 0 Å². The molecule has 2 aromatic carbocycles. The summed E-state index contributed by atoms with van der Waals surface area (Å²) in [6.45, 7) is 0.388. The lowest BCUT2D eigenvalue weighted by Gasteiger charge is -2.24. The Labute approximate surface area is 155 Å². The van der Waals surface area contributed by atoms with Crippen molar-refractivity contribution < 1.29 is 14.0 Å². The summed E-state index contributed by atoms with van der Waals surface area (Å²) >= 11 is 0. The molecule has 138 valence electrons. The fraction of sp³-hybridized carbons (Fsp3) is 0.250. The molecule has 1 aliphatic heterocycles. The number of imidazole rings is 1. The molecule has 2 amide bonds. The Kier molecular flexibility index (Phi) is 4.35. The van der Waals surface area contributed by atoms with Crippen molar-refractivity contribution in [1.82, 2.24) is 14.9 Å². The maximum atomic E-state index is 13.6. The van der Waals surface area contributed by atoms with Crippen LogP contribution in [0.5, 0.6) is 0 Å². The molecule has 0 saturated carbocycles.